The molecular formula is C26H37NO8. The number of ketones is 1. The number of likely N-dealkylation sites (tertiary alicyclic amines) is 1. The summed E-state index contributed by atoms with van der Waals surface area (Å²) in [7, 11) is 3.07. The van der Waals surface area contributed by atoms with Crippen LogP contribution in [0.15, 0.2) is 18.2 Å². The first kappa shape index (κ1) is 26.8. The average Bonchev–Trinajstić information content (AvgIpc) is 2.90. The van der Waals surface area contributed by atoms with Crippen LogP contribution in [0.25, 0.3) is 0 Å². The molecule has 35 heavy (non-hydrogen) atoms. The van der Waals surface area contributed by atoms with Crippen molar-refractivity contribution < 1.29 is 38.4 Å². The van der Waals surface area contributed by atoms with Crippen molar-refractivity contribution in [2.24, 2.45) is 5.92 Å². The van der Waals surface area contributed by atoms with Crippen LogP contribution < -0.4 is 14.2 Å². The Balaban J connectivity index is 1.57. The average molecular weight is 492 g/mol. The van der Waals surface area contributed by atoms with E-state index in [1.165, 1.54) is 12.0 Å². The van der Waals surface area contributed by atoms with Crippen LogP contribution >= 0.6 is 0 Å². The lowest BCUT2D eigenvalue weighted by Crippen LogP contribution is -2.58. The fourth-order valence-corrected chi connectivity index (χ4v) is 5.11. The molecule has 1 aliphatic carbocycles. The Morgan fingerprint density at radius 3 is 2.49 bits per heavy atom. The molecule has 1 aliphatic heterocycles. The van der Waals surface area contributed by atoms with Crippen LogP contribution in [0.4, 0.5) is 0 Å². The number of amides is 1. The number of aliphatic hydroxyl groups is 1. The standard InChI is InChI=1S/C26H37NO8/c1-4-18-9-5-7-13-26(18,31)23(28)24(29)27-14-8-6-10-20(27)25(30)35-16-15-34-19-11-12-21(32-2)22(17-19)33-3/h11-12,17-18,20,31H,4-10,13-16H2,1-3H3/t18-,20?,26+/m1/s1. The van der Waals surface area contributed by atoms with Gasteiger partial charge in [-0.25, -0.2) is 4.79 Å². The second kappa shape index (κ2) is 12.2. The summed E-state index contributed by atoms with van der Waals surface area (Å²) in [5.74, 6) is -0.748. The lowest BCUT2D eigenvalue weighted by Gasteiger charge is -2.40. The van der Waals surface area contributed by atoms with Gasteiger partial charge in [-0.1, -0.05) is 26.2 Å². The molecule has 1 N–H and O–H groups in total. The number of carbonyl (C=O) groups excluding carboxylic acids is 3. The van der Waals surface area contributed by atoms with E-state index in [1.807, 2.05) is 6.92 Å². The predicted octanol–water partition coefficient (Wildman–Crippen LogP) is 2.91. The van der Waals surface area contributed by atoms with Gasteiger partial charge in [0.1, 0.15) is 30.6 Å². The van der Waals surface area contributed by atoms with E-state index in [9.17, 15) is 19.5 Å². The van der Waals surface area contributed by atoms with Crippen molar-refractivity contribution in [3.63, 3.8) is 0 Å². The van der Waals surface area contributed by atoms with E-state index in [-0.39, 0.29) is 25.6 Å². The zero-order valence-corrected chi connectivity index (χ0v) is 20.9. The van der Waals surface area contributed by atoms with Gasteiger partial charge in [-0.15, -0.1) is 0 Å². The first-order valence-corrected chi connectivity index (χ1v) is 12.4. The van der Waals surface area contributed by atoms with Gasteiger partial charge in [0.15, 0.2) is 11.5 Å². The van der Waals surface area contributed by atoms with Gasteiger partial charge in [0.05, 0.1) is 14.2 Å². The molecule has 3 rings (SSSR count). The highest BCUT2D eigenvalue weighted by Gasteiger charge is 2.49. The molecule has 1 amide bonds. The highest BCUT2D eigenvalue weighted by molar-refractivity contribution is 6.39. The molecule has 0 bridgehead atoms. The second-order valence-electron chi connectivity index (χ2n) is 9.15. The predicted molar refractivity (Wildman–Crippen MR) is 128 cm³/mol. The SMILES string of the molecule is CC[C@@H]1CCCC[C@@]1(O)C(=O)C(=O)N1CCCCC1C(=O)OCCOc1ccc(OC)c(OC)c1. The molecule has 0 radical (unpaired) electrons. The number of Topliss-reactive ketones (excluding diaryl/α,β-unsaturated/α-hetero) is 1. The molecule has 1 heterocycles. The zero-order valence-electron chi connectivity index (χ0n) is 20.9. The fourth-order valence-electron chi connectivity index (χ4n) is 5.11. The maximum Gasteiger partial charge on any atom is 0.328 e. The maximum atomic E-state index is 13.2. The Morgan fingerprint density at radius 1 is 1.03 bits per heavy atom. The molecule has 9 heteroatoms. The van der Waals surface area contributed by atoms with Gasteiger partial charge in [-0.05, 0) is 50.2 Å². The van der Waals surface area contributed by atoms with E-state index in [0.717, 1.165) is 19.3 Å². The molecule has 2 fully saturated rings. The van der Waals surface area contributed by atoms with E-state index in [2.05, 4.69) is 0 Å². The fraction of sp³-hybridized carbons (Fsp3) is 0.654. The van der Waals surface area contributed by atoms with Crippen LogP contribution in [0.1, 0.15) is 58.3 Å². The first-order valence-electron chi connectivity index (χ1n) is 12.4. The van der Waals surface area contributed by atoms with Crippen molar-refractivity contribution in [1.82, 2.24) is 4.90 Å². The number of hydrogen-bond acceptors (Lipinski definition) is 8. The van der Waals surface area contributed by atoms with E-state index in [1.54, 1.807) is 25.3 Å². The number of benzene rings is 1. The van der Waals surface area contributed by atoms with Gasteiger partial charge in [-0.2, -0.15) is 0 Å². The number of rotatable bonds is 10. The quantitative estimate of drug-likeness (QED) is 0.302. The van der Waals surface area contributed by atoms with Gasteiger partial charge in [0, 0.05) is 12.6 Å². The molecule has 0 spiro atoms. The Bertz CT molecular complexity index is 903. The van der Waals surface area contributed by atoms with Crippen molar-refractivity contribution in [3.05, 3.63) is 18.2 Å². The third-order valence-corrected chi connectivity index (χ3v) is 7.10. The minimum atomic E-state index is -1.65. The van der Waals surface area contributed by atoms with Crippen LogP contribution in [0.5, 0.6) is 17.2 Å². The van der Waals surface area contributed by atoms with Crippen molar-refractivity contribution in [2.45, 2.75) is 69.9 Å². The van der Waals surface area contributed by atoms with Crippen molar-refractivity contribution in [2.75, 3.05) is 34.0 Å². The smallest absolute Gasteiger partial charge is 0.328 e. The number of methoxy groups -OCH3 is 2. The van der Waals surface area contributed by atoms with Crippen LogP contribution in [0.2, 0.25) is 0 Å². The van der Waals surface area contributed by atoms with E-state index < -0.39 is 29.3 Å². The second-order valence-corrected chi connectivity index (χ2v) is 9.15. The van der Waals surface area contributed by atoms with Gasteiger partial charge in [-0.3, -0.25) is 9.59 Å². The topological polar surface area (TPSA) is 112 Å². The number of hydrogen-bond donors (Lipinski definition) is 1. The molecule has 1 saturated heterocycles. The van der Waals surface area contributed by atoms with Gasteiger partial charge < -0.3 is 29.0 Å². The van der Waals surface area contributed by atoms with Gasteiger partial charge >= 0.3 is 5.97 Å². The third-order valence-electron chi connectivity index (χ3n) is 7.10. The molecule has 9 nitrogen and oxygen atoms in total. The minimum absolute atomic E-state index is 0.0124. The highest BCUT2D eigenvalue weighted by Crippen LogP contribution is 2.37. The maximum absolute atomic E-state index is 13.2. The van der Waals surface area contributed by atoms with Crippen LogP contribution in [0, 0.1) is 5.92 Å². The summed E-state index contributed by atoms with van der Waals surface area (Å²) in [6.07, 6.45) is 5.14. The summed E-state index contributed by atoms with van der Waals surface area (Å²) >= 11 is 0. The van der Waals surface area contributed by atoms with E-state index in [0.29, 0.717) is 49.5 Å². The van der Waals surface area contributed by atoms with Crippen LogP contribution in [0.3, 0.4) is 0 Å². The van der Waals surface area contributed by atoms with Gasteiger partial charge in [0.2, 0.25) is 0 Å². The number of piperidine rings is 1. The number of carbonyl (C=O) groups is 3. The summed E-state index contributed by atoms with van der Waals surface area (Å²) in [4.78, 5) is 40.4. The lowest BCUT2D eigenvalue weighted by atomic mass is 9.71. The zero-order chi connectivity index (χ0) is 25.4. The summed E-state index contributed by atoms with van der Waals surface area (Å²) < 4.78 is 21.5. The number of nitrogens with zero attached hydrogens (tertiary/aromatic N) is 1. The van der Waals surface area contributed by atoms with E-state index in [4.69, 9.17) is 18.9 Å². The lowest BCUT2D eigenvalue weighted by molar-refractivity contribution is -0.168. The summed E-state index contributed by atoms with van der Waals surface area (Å²) in [6, 6.07) is 4.27. The molecule has 3 atom stereocenters. The Hall–Kier alpha value is -2.81. The molecule has 1 aromatic rings. The normalized spacial score (nSPS) is 24.4. The van der Waals surface area contributed by atoms with Crippen LogP contribution in [-0.4, -0.2) is 73.3 Å². The minimum Gasteiger partial charge on any atom is -0.493 e. The highest BCUT2D eigenvalue weighted by atomic mass is 16.6. The molecular weight excluding hydrogens is 454 g/mol. The summed E-state index contributed by atoms with van der Waals surface area (Å²) in [5.41, 5.74) is -1.65. The van der Waals surface area contributed by atoms with Crippen molar-refractivity contribution in [1.29, 1.82) is 0 Å². The molecule has 0 aromatic heterocycles. The van der Waals surface area contributed by atoms with E-state index >= 15 is 0 Å². The van der Waals surface area contributed by atoms with Gasteiger partial charge in [0.25, 0.3) is 11.7 Å². The number of esters is 1. The monoisotopic (exact) mass is 491 g/mol. The van der Waals surface area contributed by atoms with Crippen molar-refractivity contribution in [3.8, 4) is 17.2 Å². The van der Waals surface area contributed by atoms with Crippen molar-refractivity contribution >= 4 is 17.7 Å². The Kier molecular flexibility index (Phi) is 9.37. The molecule has 1 aromatic carbocycles. The molecule has 1 unspecified atom stereocenters. The first-order chi connectivity index (χ1) is 16.8. The largest absolute Gasteiger partial charge is 0.493 e. The third kappa shape index (κ3) is 6.07. The number of ether oxygens (including phenoxy) is 4. The molecule has 194 valence electrons. The summed E-state index contributed by atoms with van der Waals surface area (Å²) in [6.45, 7) is 2.31. The Morgan fingerprint density at radius 2 is 1.77 bits per heavy atom. The molecule has 1 saturated carbocycles. The van der Waals surface area contributed by atoms with Crippen LogP contribution in [-0.2, 0) is 19.1 Å². The summed E-state index contributed by atoms with van der Waals surface area (Å²) in [5, 5.41) is 11.1. The molecule has 2 aliphatic rings. The Labute approximate surface area is 206 Å².